The quantitative estimate of drug-likeness (QED) is 0.356. The average Bonchev–Trinajstić information content (AvgIpc) is 2.07. The molecule has 0 bridgehead atoms. The summed E-state index contributed by atoms with van der Waals surface area (Å²) in [6, 6.07) is 1.64. The average molecular weight is 320 g/mol. The van der Waals surface area contributed by atoms with E-state index in [1.807, 2.05) is 0 Å². The highest BCUT2D eigenvalue weighted by molar-refractivity contribution is 9.10. The lowest BCUT2D eigenvalue weighted by Crippen LogP contribution is -2.02. The maximum Gasteiger partial charge on any atom is 0.446 e. The van der Waals surface area contributed by atoms with Gasteiger partial charge in [-0.05, 0) is 17.8 Å². The van der Waals surface area contributed by atoms with E-state index in [1.54, 1.807) is 0 Å². The largest absolute Gasteiger partial charge is 0.446 e. The molecule has 0 atom stereocenters. The van der Waals surface area contributed by atoms with Crippen molar-refractivity contribution >= 4 is 33.4 Å². The number of rotatable bonds is 2. The zero-order chi connectivity index (χ0) is 12.5. The van der Waals surface area contributed by atoms with Gasteiger partial charge in [-0.15, -0.1) is 0 Å². The van der Waals surface area contributed by atoms with Crippen LogP contribution in [0.15, 0.2) is 21.5 Å². The number of hydrogen-bond acceptors (Lipinski definition) is 3. The predicted molar refractivity (Wildman–Crippen MR) is 52.7 cm³/mol. The minimum Gasteiger partial charge on any atom is -0.258 e. The fourth-order valence-corrected chi connectivity index (χ4v) is 2.11. The van der Waals surface area contributed by atoms with Crippen molar-refractivity contribution < 1.29 is 22.5 Å². The number of halogens is 5. The molecule has 1 aromatic carbocycles. The highest BCUT2D eigenvalue weighted by atomic mass is 79.9. The maximum atomic E-state index is 13.3. The molecule has 0 saturated heterocycles. The molecule has 0 aliphatic rings. The zero-order valence-corrected chi connectivity index (χ0v) is 9.62. The zero-order valence-electron chi connectivity index (χ0n) is 7.22. The van der Waals surface area contributed by atoms with Crippen LogP contribution in [0, 0.1) is 15.9 Å². The van der Waals surface area contributed by atoms with Crippen LogP contribution in [-0.4, -0.2) is 10.4 Å². The molecule has 0 saturated carbocycles. The fourth-order valence-electron chi connectivity index (χ4n) is 0.882. The molecule has 0 amide bonds. The van der Waals surface area contributed by atoms with Gasteiger partial charge in [0.2, 0.25) is 5.82 Å². The first-order chi connectivity index (χ1) is 7.20. The molecule has 0 aromatic heterocycles. The second-order valence-electron chi connectivity index (χ2n) is 2.54. The predicted octanol–water partition coefficient (Wildman–Crippen LogP) is 4.11. The minimum absolute atomic E-state index is 0.00681. The van der Waals surface area contributed by atoms with Crippen molar-refractivity contribution in [1.82, 2.24) is 0 Å². The van der Waals surface area contributed by atoms with Gasteiger partial charge in [0.15, 0.2) is 0 Å². The Hall–Kier alpha value is -0.830. The molecular formula is C7H2BrF4NO2S. The number of thioether (sulfide) groups is 1. The number of nitrogens with zero attached hydrogens (tertiary/aromatic N) is 1. The van der Waals surface area contributed by atoms with Crippen LogP contribution in [0.3, 0.4) is 0 Å². The first-order valence-corrected chi connectivity index (χ1v) is 5.21. The highest BCUT2D eigenvalue weighted by Gasteiger charge is 2.33. The van der Waals surface area contributed by atoms with Crippen molar-refractivity contribution in [2.45, 2.75) is 10.4 Å². The van der Waals surface area contributed by atoms with Crippen LogP contribution in [0.5, 0.6) is 0 Å². The Bertz CT molecular complexity index is 437. The molecular weight excluding hydrogens is 318 g/mol. The van der Waals surface area contributed by atoms with E-state index in [1.165, 1.54) is 0 Å². The van der Waals surface area contributed by atoms with Crippen molar-refractivity contribution in [3.8, 4) is 0 Å². The van der Waals surface area contributed by atoms with Gasteiger partial charge in [0.05, 0.1) is 9.82 Å². The lowest BCUT2D eigenvalue weighted by Gasteiger charge is -2.07. The summed E-state index contributed by atoms with van der Waals surface area (Å²) in [5.74, 6) is -1.49. The van der Waals surface area contributed by atoms with Crippen LogP contribution in [0.4, 0.5) is 23.2 Å². The Morgan fingerprint density at radius 3 is 2.38 bits per heavy atom. The molecule has 0 heterocycles. The SMILES string of the molecule is O=[N+]([O-])c1cc(Br)cc(SC(F)(F)F)c1F. The van der Waals surface area contributed by atoms with Gasteiger partial charge in [-0.25, -0.2) is 0 Å². The smallest absolute Gasteiger partial charge is 0.258 e. The monoisotopic (exact) mass is 319 g/mol. The Labute approximate surface area is 99.1 Å². The van der Waals surface area contributed by atoms with Crippen LogP contribution in [-0.2, 0) is 0 Å². The van der Waals surface area contributed by atoms with Crippen LogP contribution >= 0.6 is 27.7 Å². The molecule has 0 unspecified atom stereocenters. The molecule has 16 heavy (non-hydrogen) atoms. The third-order valence-corrected chi connectivity index (χ3v) is 2.61. The Kier molecular flexibility index (Phi) is 3.79. The molecule has 1 aromatic rings. The van der Waals surface area contributed by atoms with Gasteiger partial charge < -0.3 is 0 Å². The third-order valence-electron chi connectivity index (χ3n) is 1.41. The summed E-state index contributed by atoms with van der Waals surface area (Å²) in [6.07, 6.45) is 0. The molecule has 3 nitrogen and oxygen atoms in total. The van der Waals surface area contributed by atoms with Gasteiger partial charge in [-0.1, -0.05) is 15.9 Å². The number of nitro groups is 1. The van der Waals surface area contributed by atoms with Crippen LogP contribution in [0.1, 0.15) is 0 Å². The lowest BCUT2D eigenvalue weighted by atomic mass is 10.3. The molecule has 0 aliphatic heterocycles. The number of benzene rings is 1. The Morgan fingerprint density at radius 1 is 1.38 bits per heavy atom. The van der Waals surface area contributed by atoms with Gasteiger partial charge in [0.25, 0.3) is 0 Å². The number of hydrogen-bond donors (Lipinski definition) is 0. The van der Waals surface area contributed by atoms with Crippen molar-refractivity contribution in [2.24, 2.45) is 0 Å². The van der Waals surface area contributed by atoms with Gasteiger partial charge in [-0.2, -0.15) is 17.6 Å². The summed E-state index contributed by atoms with van der Waals surface area (Å²) in [7, 11) is 0. The Balaban J connectivity index is 3.25. The molecule has 0 aliphatic carbocycles. The van der Waals surface area contributed by atoms with E-state index in [4.69, 9.17) is 0 Å². The van der Waals surface area contributed by atoms with E-state index < -0.39 is 38.6 Å². The highest BCUT2D eigenvalue weighted by Crippen LogP contribution is 2.41. The first kappa shape index (κ1) is 13.2. The summed E-state index contributed by atoms with van der Waals surface area (Å²) < 4.78 is 49.2. The van der Waals surface area contributed by atoms with Gasteiger partial charge in [0.1, 0.15) is 0 Å². The van der Waals surface area contributed by atoms with E-state index in [2.05, 4.69) is 15.9 Å². The topological polar surface area (TPSA) is 43.1 Å². The van der Waals surface area contributed by atoms with E-state index in [-0.39, 0.29) is 4.47 Å². The second-order valence-corrected chi connectivity index (χ2v) is 4.56. The van der Waals surface area contributed by atoms with Gasteiger partial charge in [-0.3, -0.25) is 10.1 Å². The molecule has 1 rings (SSSR count). The maximum absolute atomic E-state index is 13.3. The van der Waals surface area contributed by atoms with Crippen molar-refractivity contribution in [3.05, 3.63) is 32.5 Å². The summed E-state index contributed by atoms with van der Waals surface area (Å²) >= 11 is 2.03. The normalized spacial score (nSPS) is 11.6. The Morgan fingerprint density at radius 2 is 1.94 bits per heavy atom. The fraction of sp³-hybridized carbons (Fsp3) is 0.143. The molecule has 9 heteroatoms. The van der Waals surface area contributed by atoms with Crippen molar-refractivity contribution in [2.75, 3.05) is 0 Å². The summed E-state index contributed by atoms with van der Waals surface area (Å²) in [5, 5.41) is 10.3. The summed E-state index contributed by atoms with van der Waals surface area (Å²) in [4.78, 5) is 8.42. The van der Waals surface area contributed by atoms with Gasteiger partial charge >= 0.3 is 11.2 Å². The van der Waals surface area contributed by atoms with Crippen LogP contribution < -0.4 is 0 Å². The van der Waals surface area contributed by atoms with Crippen LogP contribution in [0.2, 0.25) is 0 Å². The molecule has 0 fully saturated rings. The molecule has 88 valence electrons. The number of nitro benzene ring substituents is 1. The molecule has 0 spiro atoms. The second kappa shape index (κ2) is 4.58. The number of alkyl halides is 3. The third kappa shape index (κ3) is 3.34. The van der Waals surface area contributed by atoms with E-state index in [9.17, 15) is 27.7 Å². The molecule has 0 N–H and O–H groups in total. The van der Waals surface area contributed by atoms with Crippen molar-refractivity contribution in [3.63, 3.8) is 0 Å². The first-order valence-electron chi connectivity index (χ1n) is 3.60. The van der Waals surface area contributed by atoms with E-state index in [0.717, 1.165) is 12.1 Å². The summed E-state index contributed by atoms with van der Waals surface area (Å²) in [6.45, 7) is 0. The van der Waals surface area contributed by atoms with E-state index >= 15 is 0 Å². The van der Waals surface area contributed by atoms with Crippen LogP contribution in [0.25, 0.3) is 0 Å². The summed E-state index contributed by atoms with van der Waals surface area (Å²) in [5.41, 5.74) is -5.70. The molecule has 0 radical (unpaired) electrons. The van der Waals surface area contributed by atoms with E-state index in [0.29, 0.717) is 0 Å². The minimum atomic E-state index is -4.70. The standard InChI is InChI=1S/C7H2BrF4NO2S/c8-3-1-4(13(14)15)6(9)5(2-3)16-7(10,11)12/h1-2H. The van der Waals surface area contributed by atoms with Gasteiger partial charge in [0, 0.05) is 10.5 Å². The van der Waals surface area contributed by atoms with Crippen molar-refractivity contribution in [1.29, 1.82) is 0 Å². The lowest BCUT2D eigenvalue weighted by molar-refractivity contribution is -0.387.